The Labute approximate surface area is 122 Å². The summed E-state index contributed by atoms with van der Waals surface area (Å²) >= 11 is 0. The van der Waals surface area contributed by atoms with Crippen molar-refractivity contribution < 1.29 is 4.42 Å². The van der Waals surface area contributed by atoms with E-state index in [4.69, 9.17) is 4.42 Å². The summed E-state index contributed by atoms with van der Waals surface area (Å²) in [6, 6.07) is 2.59. The molecule has 112 valence electrons. The Bertz CT molecular complexity index is 389. The quantitative estimate of drug-likeness (QED) is 0.858. The van der Waals surface area contributed by atoms with Crippen molar-refractivity contribution in [3.8, 4) is 0 Å². The van der Waals surface area contributed by atoms with Crippen LogP contribution in [0.2, 0.25) is 0 Å². The molecule has 2 fully saturated rings. The standard InChI is InChI=1S/C17H28N2O/c1-2-10-18-16(15-7-13-20-14-15)17(8-3-4-9-17)19-11-5-6-12-19/h7,13-14,16,18H,2-6,8-12H2,1H3. The molecular formula is C17H28N2O. The molecule has 1 aromatic rings. The Morgan fingerprint density at radius 1 is 1.25 bits per heavy atom. The van der Waals surface area contributed by atoms with E-state index in [1.54, 1.807) is 0 Å². The van der Waals surface area contributed by atoms with Gasteiger partial charge in [0.15, 0.2) is 0 Å². The summed E-state index contributed by atoms with van der Waals surface area (Å²) in [5, 5.41) is 3.83. The van der Waals surface area contributed by atoms with Crippen LogP contribution < -0.4 is 5.32 Å². The molecule has 1 aliphatic carbocycles. The van der Waals surface area contributed by atoms with Gasteiger partial charge in [-0.3, -0.25) is 4.90 Å². The van der Waals surface area contributed by atoms with Crippen LogP contribution in [0.15, 0.2) is 23.0 Å². The lowest BCUT2D eigenvalue weighted by molar-refractivity contribution is 0.0761. The van der Waals surface area contributed by atoms with Crippen molar-refractivity contribution in [1.82, 2.24) is 10.2 Å². The van der Waals surface area contributed by atoms with E-state index < -0.39 is 0 Å². The molecule has 0 bridgehead atoms. The molecule has 3 nitrogen and oxygen atoms in total. The monoisotopic (exact) mass is 276 g/mol. The van der Waals surface area contributed by atoms with Gasteiger partial charge in [0.05, 0.1) is 18.6 Å². The van der Waals surface area contributed by atoms with Crippen LogP contribution in [0.1, 0.15) is 63.5 Å². The van der Waals surface area contributed by atoms with Crippen LogP contribution in [0, 0.1) is 0 Å². The van der Waals surface area contributed by atoms with E-state index in [9.17, 15) is 0 Å². The smallest absolute Gasteiger partial charge is 0.0951 e. The maximum absolute atomic E-state index is 5.38. The second-order valence-corrected chi connectivity index (χ2v) is 6.45. The zero-order valence-corrected chi connectivity index (χ0v) is 12.7. The second-order valence-electron chi connectivity index (χ2n) is 6.45. The highest BCUT2D eigenvalue weighted by Gasteiger charge is 2.47. The van der Waals surface area contributed by atoms with Crippen LogP contribution in [0.25, 0.3) is 0 Å². The molecule has 1 saturated heterocycles. The molecule has 1 saturated carbocycles. The minimum atomic E-state index is 0.329. The largest absolute Gasteiger partial charge is 0.472 e. The highest BCUT2D eigenvalue weighted by Crippen LogP contribution is 2.46. The summed E-state index contributed by atoms with van der Waals surface area (Å²) in [7, 11) is 0. The van der Waals surface area contributed by atoms with Crippen LogP contribution in [0.5, 0.6) is 0 Å². The van der Waals surface area contributed by atoms with Crippen LogP contribution in [0.4, 0.5) is 0 Å². The fourth-order valence-corrected chi connectivity index (χ4v) is 4.28. The van der Waals surface area contributed by atoms with E-state index in [2.05, 4.69) is 23.2 Å². The highest BCUT2D eigenvalue weighted by atomic mass is 16.3. The van der Waals surface area contributed by atoms with E-state index in [1.807, 2.05) is 12.5 Å². The first-order valence-electron chi connectivity index (χ1n) is 8.37. The second kappa shape index (κ2) is 6.31. The van der Waals surface area contributed by atoms with Gasteiger partial charge < -0.3 is 9.73 Å². The van der Waals surface area contributed by atoms with Crippen molar-refractivity contribution in [2.24, 2.45) is 0 Å². The van der Waals surface area contributed by atoms with E-state index in [-0.39, 0.29) is 0 Å². The molecule has 1 unspecified atom stereocenters. The SMILES string of the molecule is CCCNC(c1ccoc1)C1(N2CCCC2)CCCC1. The van der Waals surface area contributed by atoms with Gasteiger partial charge in [-0.15, -0.1) is 0 Å². The lowest BCUT2D eigenvalue weighted by atomic mass is 9.82. The van der Waals surface area contributed by atoms with E-state index in [1.165, 1.54) is 63.6 Å². The average Bonchev–Trinajstić information content (AvgIpc) is 3.22. The number of hydrogen-bond acceptors (Lipinski definition) is 3. The predicted octanol–water partition coefficient (Wildman–Crippen LogP) is 3.73. The molecule has 0 radical (unpaired) electrons. The summed E-state index contributed by atoms with van der Waals surface area (Å²) in [6.45, 7) is 5.90. The normalized spacial score (nSPS) is 24.2. The Kier molecular flexibility index (Phi) is 4.47. The molecule has 3 rings (SSSR count). The number of furan rings is 1. The summed E-state index contributed by atoms with van der Waals surface area (Å²) in [5.74, 6) is 0. The lowest BCUT2D eigenvalue weighted by Crippen LogP contribution is -2.54. The van der Waals surface area contributed by atoms with Crippen LogP contribution in [0.3, 0.4) is 0 Å². The molecule has 0 spiro atoms. The topological polar surface area (TPSA) is 28.4 Å². The summed E-state index contributed by atoms with van der Waals surface area (Å²) in [6.07, 6.45) is 13.1. The van der Waals surface area contributed by atoms with Crippen molar-refractivity contribution in [1.29, 1.82) is 0 Å². The first kappa shape index (κ1) is 14.2. The molecule has 2 heterocycles. The first-order chi connectivity index (χ1) is 9.87. The lowest BCUT2D eigenvalue weighted by Gasteiger charge is -2.45. The molecule has 1 atom stereocenters. The maximum Gasteiger partial charge on any atom is 0.0951 e. The van der Waals surface area contributed by atoms with Crippen molar-refractivity contribution in [2.45, 2.75) is 63.5 Å². The Balaban J connectivity index is 1.88. The van der Waals surface area contributed by atoms with Crippen LogP contribution >= 0.6 is 0 Å². The Hall–Kier alpha value is -0.800. The van der Waals surface area contributed by atoms with Gasteiger partial charge in [-0.05, 0) is 57.8 Å². The zero-order valence-electron chi connectivity index (χ0n) is 12.7. The van der Waals surface area contributed by atoms with Gasteiger partial charge in [-0.2, -0.15) is 0 Å². The molecule has 1 aliphatic heterocycles. The first-order valence-corrected chi connectivity index (χ1v) is 8.37. The van der Waals surface area contributed by atoms with Crippen LogP contribution in [-0.2, 0) is 0 Å². The van der Waals surface area contributed by atoms with Gasteiger partial charge >= 0.3 is 0 Å². The molecule has 0 aromatic carbocycles. The highest BCUT2D eigenvalue weighted by molar-refractivity contribution is 5.20. The van der Waals surface area contributed by atoms with E-state index in [0.717, 1.165) is 6.54 Å². The summed E-state index contributed by atoms with van der Waals surface area (Å²) in [5.41, 5.74) is 1.67. The molecule has 1 aromatic heterocycles. The minimum absolute atomic E-state index is 0.329. The minimum Gasteiger partial charge on any atom is -0.472 e. The van der Waals surface area contributed by atoms with Crippen molar-refractivity contribution in [3.63, 3.8) is 0 Å². The van der Waals surface area contributed by atoms with Gasteiger partial charge in [0.25, 0.3) is 0 Å². The van der Waals surface area contributed by atoms with E-state index in [0.29, 0.717) is 11.6 Å². The van der Waals surface area contributed by atoms with Gasteiger partial charge in [-0.25, -0.2) is 0 Å². The number of nitrogens with one attached hydrogen (secondary N) is 1. The van der Waals surface area contributed by atoms with Gasteiger partial charge in [-0.1, -0.05) is 19.8 Å². The maximum atomic E-state index is 5.38. The third kappa shape index (κ3) is 2.53. The zero-order chi connectivity index (χ0) is 13.8. The third-order valence-corrected chi connectivity index (χ3v) is 5.22. The molecule has 3 heteroatoms. The molecule has 1 N–H and O–H groups in total. The van der Waals surface area contributed by atoms with Crippen LogP contribution in [-0.4, -0.2) is 30.1 Å². The van der Waals surface area contributed by atoms with E-state index >= 15 is 0 Å². The molecule has 0 amide bonds. The molecular weight excluding hydrogens is 248 g/mol. The van der Waals surface area contributed by atoms with Gasteiger partial charge in [0.1, 0.15) is 0 Å². The van der Waals surface area contributed by atoms with Gasteiger partial charge in [0.2, 0.25) is 0 Å². The molecule has 20 heavy (non-hydrogen) atoms. The van der Waals surface area contributed by atoms with Crippen molar-refractivity contribution in [3.05, 3.63) is 24.2 Å². The Morgan fingerprint density at radius 2 is 2.00 bits per heavy atom. The predicted molar refractivity (Wildman–Crippen MR) is 81.7 cm³/mol. The summed E-state index contributed by atoms with van der Waals surface area (Å²) < 4.78 is 5.38. The number of hydrogen-bond donors (Lipinski definition) is 1. The number of likely N-dealkylation sites (tertiary alicyclic amines) is 1. The Morgan fingerprint density at radius 3 is 2.60 bits per heavy atom. The van der Waals surface area contributed by atoms with Crippen molar-refractivity contribution >= 4 is 0 Å². The average molecular weight is 276 g/mol. The fraction of sp³-hybridized carbons (Fsp3) is 0.765. The third-order valence-electron chi connectivity index (χ3n) is 5.22. The number of rotatable bonds is 6. The van der Waals surface area contributed by atoms with Gasteiger partial charge in [0, 0.05) is 11.1 Å². The number of nitrogens with zero attached hydrogens (tertiary/aromatic N) is 1. The summed E-state index contributed by atoms with van der Waals surface area (Å²) in [4.78, 5) is 2.78. The molecule has 2 aliphatic rings. The van der Waals surface area contributed by atoms with Crippen molar-refractivity contribution in [2.75, 3.05) is 19.6 Å². The fourth-order valence-electron chi connectivity index (χ4n) is 4.28.